The Morgan fingerprint density at radius 2 is 1.53 bits per heavy atom. The summed E-state index contributed by atoms with van der Waals surface area (Å²) >= 11 is 0. The van der Waals surface area contributed by atoms with E-state index in [-0.39, 0.29) is 16.4 Å². The molecule has 1 heterocycles. The highest BCUT2D eigenvalue weighted by atomic mass is 32.2. The van der Waals surface area contributed by atoms with Gasteiger partial charge in [-0.2, -0.15) is 13.2 Å². The molecule has 1 atom stereocenters. The summed E-state index contributed by atoms with van der Waals surface area (Å²) in [4.78, 5) is 38.1. The highest BCUT2D eigenvalue weighted by Gasteiger charge is 2.50. The second kappa shape index (κ2) is 9.54. The first-order valence-electron chi connectivity index (χ1n) is 10.6. The van der Waals surface area contributed by atoms with Crippen LogP contribution in [0.4, 0.5) is 18.0 Å². The van der Waals surface area contributed by atoms with Gasteiger partial charge in [0.25, 0.3) is 5.91 Å². The largest absolute Gasteiger partial charge is 0.416 e. The topological polar surface area (TPSA) is 115 Å². The minimum absolute atomic E-state index is 0.0201. The summed E-state index contributed by atoms with van der Waals surface area (Å²) in [5, 5.41) is 10.1. The number of likely N-dealkylation sites (N-methyl/N-ethyl adjacent to an activating group) is 1. The molecule has 0 aromatic heterocycles. The van der Waals surface area contributed by atoms with E-state index >= 15 is 0 Å². The molecule has 2 aromatic rings. The van der Waals surface area contributed by atoms with Crippen LogP contribution >= 0.6 is 0 Å². The molecule has 0 aliphatic carbocycles. The molecule has 9 nitrogen and oxygen atoms in total. The van der Waals surface area contributed by atoms with Crippen LogP contribution in [0.25, 0.3) is 11.1 Å². The number of carbonyl (C=O) groups is 3. The predicted molar refractivity (Wildman–Crippen MR) is 121 cm³/mol. The Kier molecular flexibility index (Phi) is 7.19. The number of benzene rings is 2. The molecule has 1 aliphatic heterocycles. The lowest BCUT2D eigenvalue weighted by Crippen LogP contribution is -2.48. The zero-order chi connectivity index (χ0) is 27.1. The van der Waals surface area contributed by atoms with Crippen LogP contribution in [-0.2, 0) is 25.6 Å². The van der Waals surface area contributed by atoms with Crippen LogP contribution < -0.4 is 0 Å². The van der Waals surface area contributed by atoms with Gasteiger partial charge in [-0.3, -0.25) is 19.7 Å². The SMILES string of the molecule is CN1C(=O)N(CC(CS(=O)(=O)c2ccc(-c3ccc(C(F)(F)F)cc3)cc2)N(O)C=O)C(=O)C1(C)C. The van der Waals surface area contributed by atoms with Crippen LogP contribution in [0.1, 0.15) is 19.4 Å². The van der Waals surface area contributed by atoms with Crippen LogP contribution in [-0.4, -0.2) is 77.8 Å². The average molecular weight is 528 g/mol. The Hall–Kier alpha value is -3.45. The van der Waals surface area contributed by atoms with E-state index < -0.39 is 57.4 Å². The number of amides is 4. The lowest BCUT2D eigenvalue weighted by Gasteiger charge is -2.26. The van der Waals surface area contributed by atoms with Crippen LogP contribution in [0.5, 0.6) is 0 Å². The summed E-state index contributed by atoms with van der Waals surface area (Å²) in [6, 6.07) is 7.51. The normalized spacial score (nSPS) is 16.9. The molecule has 3 rings (SSSR count). The number of carbonyl (C=O) groups excluding carboxylic acids is 3. The van der Waals surface area contributed by atoms with Crippen molar-refractivity contribution in [2.24, 2.45) is 0 Å². The van der Waals surface area contributed by atoms with Crippen molar-refractivity contribution in [2.45, 2.75) is 36.5 Å². The Morgan fingerprint density at radius 3 is 1.94 bits per heavy atom. The van der Waals surface area contributed by atoms with Crippen molar-refractivity contribution in [3.05, 3.63) is 54.1 Å². The number of alkyl halides is 3. The summed E-state index contributed by atoms with van der Waals surface area (Å²) in [7, 11) is -2.73. The maximum absolute atomic E-state index is 13.0. The first kappa shape index (κ1) is 27.1. The molecule has 1 aliphatic rings. The lowest BCUT2D eigenvalue weighted by atomic mass is 10.0. The van der Waals surface area contributed by atoms with E-state index in [0.717, 1.165) is 17.0 Å². The molecule has 2 aromatic carbocycles. The van der Waals surface area contributed by atoms with E-state index in [0.29, 0.717) is 11.1 Å². The van der Waals surface area contributed by atoms with Gasteiger partial charge < -0.3 is 4.90 Å². The molecule has 1 unspecified atom stereocenters. The van der Waals surface area contributed by atoms with Gasteiger partial charge in [-0.1, -0.05) is 24.3 Å². The van der Waals surface area contributed by atoms with Crippen molar-refractivity contribution in [3.63, 3.8) is 0 Å². The number of rotatable bonds is 8. The Labute approximate surface area is 205 Å². The number of hydrogen-bond acceptors (Lipinski definition) is 6. The molecular weight excluding hydrogens is 503 g/mol. The van der Waals surface area contributed by atoms with Crippen LogP contribution in [0.2, 0.25) is 0 Å². The lowest BCUT2D eigenvalue weighted by molar-refractivity contribution is -0.160. The first-order chi connectivity index (χ1) is 16.6. The van der Waals surface area contributed by atoms with Gasteiger partial charge in [0, 0.05) is 7.05 Å². The fraction of sp³-hybridized carbons (Fsp3) is 0.348. The minimum Gasteiger partial charge on any atom is -0.313 e. The van der Waals surface area contributed by atoms with Crippen molar-refractivity contribution in [3.8, 4) is 11.1 Å². The average Bonchev–Trinajstić information content (AvgIpc) is 2.97. The van der Waals surface area contributed by atoms with Crippen molar-refractivity contribution >= 4 is 28.2 Å². The molecule has 4 amide bonds. The van der Waals surface area contributed by atoms with E-state index in [4.69, 9.17) is 0 Å². The van der Waals surface area contributed by atoms with E-state index in [2.05, 4.69) is 0 Å². The van der Waals surface area contributed by atoms with Crippen molar-refractivity contribution in [1.82, 2.24) is 14.9 Å². The fourth-order valence-electron chi connectivity index (χ4n) is 3.71. The van der Waals surface area contributed by atoms with Crippen molar-refractivity contribution in [2.75, 3.05) is 19.3 Å². The maximum Gasteiger partial charge on any atom is 0.416 e. The van der Waals surface area contributed by atoms with Crippen LogP contribution in [0, 0.1) is 0 Å². The number of sulfone groups is 1. The molecule has 0 saturated carbocycles. The molecule has 0 bridgehead atoms. The summed E-state index contributed by atoms with van der Waals surface area (Å²) < 4.78 is 64.3. The predicted octanol–water partition coefficient (Wildman–Crippen LogP) is 3.03. The van der Waals surface area contributed by atoms with E-state index in [1.807, 2.05) is 0 Å². The molecule has 0 radical (unpaired) electrons. The summed E-state index contributed by atoms with van der Waals surface area (Å²) in [6.45, 7) is 2.46. The molecular formula is C23H24F3N3O6S. The highest BCUT2D eigenvalue weighted by Crippen LogP contribution is 2.31. The Morgan fingerprint density at radius 1 is 1.03 bits per heavy atom. The first-order valence-corrected chi connectivity index (χ1v) is 12.3. The molecule has 194 valence electrons. The smallest absolute Gasteiger partial charge is 0.313 e. The van der Waals surface area contributed by atoms with E-state index in [1.54, 1.807) is 0 Å². The highest BCUT2D eigenvalue weighted by molar-refractivity contribution is 7.91. The second-order valence-electron chi connectivity index (χ2n) is 8.84. The van der Waals surface area contributed by atoms with Gasteiger partial charge in [-0.05, 0) is 49.2 Å². The fourth-order valence-corrected chi connectivity index (χ4v) is 5.22. The molecule has 1 saturated heterocycles. The number of urea groups is 1. The van der Waals surface area contributed by atoms with Gasteiger partial charge >= 0.3 is 12.2 Å². The number of imide groups is 1. The number of hydroxylamine groups is 2. The van der Waals surface area contributed by atoms with E-state index in [9.17, 15) is 41.2 Å². The number of halogens is 3. The molecule has 1 N–H and O–H groups in total. The monoisotopic (exact) mass is 527 g/mol. The summed E-state index contributed by atoms with van der Waals surface area (Å²) in [5.41, 5.74) is -1.10. The standard InChI is InChI=1S/C23H24F3N3O6S/c1-22(2)20(31)28(21(32)27(22)3)12-18(29(33)14-30)13-36(34,35)19-10-6-16(7-11-19)15-4-8-17(9-5-15)23(24,25)26/h4-11,14,18,33H,12-13H2,1-3H3. The maximum atomic E-state index is 13.0. The third-order valence-electron chi connectivity index (χ3n) is 6.17. The molecule has 13 heteroatoms. The number of hydrogen-bond donors (Lipinski definition) is 1. The molecule has 0 spiro atoms. The summed E-state index contributed by atoms with van der Waals surface area (Å²) in [6.07, 6.45) is -4.50. The second-order valence-corrected chi connectivity index (χ2v) is 10.9. The quantitative estimate of drug-likeness (QED) is 0.244. The molecule has 36 heavy (non-hydrogen) atoms. The van der Waals surface area contributed by atoms with Gasteiger partial charge in [0.2, 0.25) is 6.41 Å². The minimum atomic E-state index is -4.48. The Bertz CT molecular complexity index is 1260. The third kappa shape index (κ3) is 5.21. The van der Waals surface area contributed by atoms with Gasteiger partial charge in [0.15, 0.2) is 9.84 Å². The van der Waals surface area contributed by atoms with Gasteiger partial charge in [-0.15, -0.1) is 0 Å². The zero-order valence-electron chi connectivity index (χ0n) is 19.6. The Balaban J connectivity index is 1.81. The van der Waals surface area contributed by atoms with E-state index in [1.165, 1.54) is 62.2 Å². The summed E-state index contributed by atoms with van der Waals surface area (Å²) in [5.74, 6) is -1.42. The van der Waals surface area contributed by atoms with Gasteiger partial charge in [-0.25, -0.2) is 18.3 Å². The number of nitrogens with zero attached hydrogens (tertiary/aromatic N) is 3. The van der Waals surface area contributed by atoms with Gasteiger partial charge in [0.05, 0.1) is 28.8 Å². The molecule has 1 fully saturated rings. The van der Waals surface area contributed by atoms with Gasteiger partial charge in [0.1, 0.15) is 5.54 Å². The van der Waals surface area contributed by atoms with Crippen molar-refractivity contribution < 1.29 is 41.2 Å². The van der Waals surface area contributed by atoms with Crippen LogP contribution in [0.3, 0.4) is 0 Å². The van der Waals surface area contributed by atoms with Crippen molar-refractivity contribution in [1.29, 1.82) is 0 Å². The zero-order valence-corrected chi connectivity index (χ0v) is 20.4. The van der Waals surface area contributed by atoms with Crippen LogP contribution in [0.15, 0.2) is 53.4 Å². The third-order valence-corrected chi connectivity index (χ3v) is 7.99.